The topological polar surface area (TPSA) is 78.5 Å². The second kappa shape index (κ2) is 7.75. The zero-order chi connectivity index (χ0) is 17.2. The van der Waals surface area contributed by atoms with Gasteiger partial charge in [-0.1, -0.05) is 11.8 Å². The van der Waals surface area contributed by atoms with E-state index < -0.39 is 6.10 Å². The van der Waals surface area contributed by atoms with Gasteiger partial charge in [0.05, 0.1) is 24.7 Å². The number of H-pyrrole nitrogens is 1. The molecule has 3 heterocycles. The van der Waals surface area contributed by atoms with E-state index in [1.54, 1.807) is 11.3 Å². The molecule has 0 spiro atoms. The molecule has 25 heavy (non-hydrogen) atoms. The van der Waals surface area contributed by atoms with Crippen LogP contribution in [0.5, 0.6) is 0 Å². The number of ether oxygens (including phenoxy) is 1. The summed E-state index contributed by atoms with van der Waals surface area (Å²) in [6.45, 7) is 3.83. The molecule has 1 aliphatic carbocycles. The van der Waals surface area contributed by atoms with E-state index >= 15 is 0 Å². The Hall–Kier alpha value is -0.930. The lowest BCUT2D eigenvalue weighted by Crippen LogP contribution is -2.41. The van der Waals surface area contributed by atoms with Gasteiger partial charge in [0.1, 0.15) is 4.83 Å². The van der Waals surface area contributed by atoms with Crippen molar-refractivity contribution in [3.8, 4) is 0 Å². The first kappa shape index (κ1) is 17.5. The zero-order valence-corrected chi connectivity index (χ0v) is 15.8. The van der Waals surface area contributed by atoms with Crippen molar-refractivity contribution in [1.82, 2.24) is 14.9 Å². The van der Waals surface area contributed by atoms with Crippen molar-refractivity contribution in [3.05, 3.63) is 20.8 Å². The zero-order valence-electron chi connectivity index (χ0n) is 14.1. The number of nitrogens with one attached hydrogen (secondary N) is 1. The molecule has 6 nitrogen and oxygen atoms in total. The van der Waals surface area contributed by atoms with Crippen molar-refractivity contribution in [3.63, 3.8) is 0 Å². The molecule has 0 radical (unpaired) electrons. The molecule has 2 N–H and O–H groups in total. The largest absolute Gasteiger partial charge is 0.391 e. The Morgan fingerprint density at radius 1 is 1.32 bits per heavy atom. The molecule has 2 aliphatic rings. The first-order chi connectivity index (χ1) is 12.2. The molecule has 0 saturated carbocycles. The third kappa shape index (κ3) is 3.93. The van der Waals surface area contributed by atoms with Crippen LogP contribution < -0.4 is 5.56 Å². The third-order valence-electron chi connectivity index (χ3n) is 4.79. The lowest BCUT2D eigenvalue weighted by molar-refractivity contribution is 0.0188. The summed E-state index contributed by atoms with van der Waals surface area (Å²) in [5.41, 5.74) is 1.18. The Balaban J connectivity index is 1.44. The van der Waals surface area contributed by atoms with E-state index in [2.05, 4.69) is 14.9 Å². The van der Waals surface area contributed by atoms with Gasteiger partial charge >= 0.3 is 0 Å². The number of aromatic amines is 1. The van der Waals surface area contributed by atoms with E-state index in [4.69, 9.17) is 4.74 Å². The number of aliphatic hydroxyl groups excluding tert-OH is 1. The van der Waals surface area contributed by atoms with Crippen LogP contribution in [0.4, 0.5) is 0 Å². The summed E-state index contributed by atoms with van der Waals surface area (Å²) >= 11 is 3.09. The second-order valence-corrected chi connectivity index (χ2v) is 8.73. The highest BCUT2D eigenvalue weighted by atomic mass is 32.2. The number of β-amino-alcohol motifs (C(OH)–C–C–N with tert-alkyl or cyclic N) is 1. The van der Waals surface area contributed by atoms with Crippen LogP contribution in [0.15, 0.2) is 9.95 Å². The Kier molecular flexibility index (Phi) is 5.42. The average Bonchev–Trinajstić information content (AvgIpc) is 2.99. The lowest BCUT2D eigenvalue weighted by Gasteiger charge is -2.28. The van der Waals surface area contributed by atoms with Crippen molar-refractivity contribution in [2.24, 2.45) is 0 Å². The fourth-order valence-corrected chi connectivity index (χ4v) is 5.62. The predicted molar refractivity (Wildman–Crippen MR) is 101 cm³/mol. The molecule has 4 rings (SSSR count). The number of morpholine rings is 1. The second-order valence-electron chi connectivity index (χ2n) is 6.64. The quantitative estimate of drug-likeness (QED) is 0.606. The molecule has 136 valence electrons. The van der Waals surface area contributed by atoms with Gasteiger partial charge in [-0.05, 0) is 31.2 Å². The van der Waals surface area contributed by atoms with Gasteiger partial charge in [-0.3, -0.25) is 9.69 Å². The highest BCUT2D eigenvalue weighted by Gasteiger charge is 2.20. The maximum atomic E-state index is 12.5. The molecule has 8 heteroatoms. The number of nitrogens with zero attached hydrogens (tertiary/aromatic N) is 2. The van der Waals surface area contributed by atoms with Gasteiger partial charge in [0.15, 0.2) is 5.16 Å². The minimum Gasteiger partial charge on any atom is -0.391 e. The molecule has 2 aromatic rings. The van der Waals surface area contributed by atoms with Gasteiger partial charge in [-0.2, -0.15) is 0 Å². The minimum absolute atomic E-state index is 0.0328. The van der Waals surface area contributed by atoms with Gasteiger partial charge in [0.2, 0.25) is 0 Å². The van der Waals surface area contributed by atoms with Crippen molar-refractivity contribution >= 4 is 33.3 Å². The van der Waals surface area contributed by atoms with Crippen LogP contribution >= 0.6 is 23.1 Å². The number of thioether (sulfide) groups is 1. The summed E-state index contributed by atoms with van der Waals surface area (Å²) in [4.78, 5) is 24.4. The monoisotopic (exact) mass is 381 g/mol. The minimum atomic E-state index is -0.444. The summed E-state index contributed by atoms with van der Waals surface area (Å²) < 4.78 is 5.32. The van der Waals surface area contributed by atoms with Crippen molar-refractivity contribution < 1.29 is 9.84 Å². The Labute approximate surface area is 154 Å². The SMILES string of the molecule is O=c1[nH]c(SC[C@@H](O)CN2CCOCC2)nc2sc3c(c12)CCCC3. The molecular weight excluding hydrogens is 358 g/mol. The van der Waals surface area contributed by atoms with Crippen LogP contribution in [0.1, 0.15) is 23.3 Å². The van der Waals surface area contributed by atoms with Crippen LogP contribution in [0.3, 0.4) is 0 Å². The molecular formula is C17H23N3O3S2. The number of thiophene rings is 1. The maximum absolute atomic E-state index is 12.5. The smallest absolute Gasteiger partial charge is 0.260 e. The maximum Gasteiger partial charge on any atom is 0.260 e. The van der Waals surface area contributed by atoms with Crippen molar-refractivity contribution in [2.45, 2.75) is 36.9 Å². The predicted octanol–water partition coefficient (Wildman–Crippen LogP) is 1.65. The number of hydrogen-bond acceptors (Lipinski definition) is 7. The van der Waals surface area contributed by atoms with E-state index in [1.165, 1.54) is 28.6 Å². The highest BCUT2D eigenvalue weighted by molar-refractivity contribution is 7.99. The Bertz CT molecular complexity index is 798. The summed E-state index contributed by atoms with van der Waals surface area (Å²) in [5.74, 6) is 0.525. The van der Waals surface area contributed by atoms with Gasteiger partial charge < -0.3 is 14.8 Å². The van der Waals surface area contributed by atoms with Crippen LogP contribution in [0.25, 0.3) is 10.2 Å². The Morgan fingerprint density at radius 2 is 2.12 bits per heavy atom. The molecule has 0 unspecified atom stereocenters. The van der Waals surface area contributed by atoms with E-state index in [-0.39, 0.29) is 5.56 Å². The van der Waals surface area contributed by atoms with Crippen LogP contribution in [0.2, 0.25) is 0 Å². The van der Waals surface area contributed by atoms with Gasteiger partial charge in [-0.25, -0.2) is 4.98 Å². The molecule has 1 atom stereocenters. The molecule has 1 fully saturated rings. The standard InChI is InChI=1S/C17H23N3O3S2/c21-11(9-20-5-7-23-8-6-20)10-24-17-18-15(22)14-12-3-1-2-4-13(12)25-16(14)19-17/h11,21H,1-10H2,(H,18,19,22)/t11-/m0/s1. The fourth-order valence-electron chi connectivity index (χ4n) is 3.52. The van der Waals surface area contributed by atoms with Crippen LogP contribution in [-0.2, 0) is 17.6 Å². The summed E-state index contributed by atoms with van der Waals surface area (Å²) in [6.07, 6.45) is 3.97. The molecule has 1 saturated heterocycles. The number of aryl methyl sites for hydroxylation is 2. The molecule has 0 aromatic carbocycles. The highest BCUT2D eigenvalue weighted by Crippen LogP contribution is 2.34. The molecule has 1 aliphatic heterocycles. The van der Waals surface area contributed by atoms with Crippen LogP contribution in [0, 0.1) is 0 Å². The van der Waals surface area contributed by atoms with Crippen molar-refractivity contribution in [2.75, 3.05) is 38.6 Å². The molecule has 0 amide bonds. The third-order valence-corrected chi connectivity index (χ3v) is 6.99. The van der Waals surface area contributed by atoms with E-state index in [1.807, 2.05) is 0 Å². The summed E-state index contributed by atoms with van der Waals surface area (Å²) in [5, 5.41) is 11.7. The molecule has 2 aromatic heterocycles. The molecule has 0 bridgehead atoms. The van der Waals surface area contributed by atoms with Gasteiger partial charge in [0.25, 0.3) is 5.56 Å². The number of fused-ring (bicyclic) bond motifs is 3. The van der Waals surface area contributed by atoms with Gasteiger partial charge in [0, 0.05) is 30.3 Å². The summed E-state index contributed by atoms with van der Waals surface area (Å²) in [7, 11) is 0. The van der Waals surface area contributed by atoms with E-state index in [9.17, 15) is 9.90 Å². The van der Waals surface area contributed by atoms with E-state index in [0.29, 0.717) is 17.5 Å². The first-order valence-corrected chi connectivity index (χ1v) is 10.7. The number of hydrogen-bond donors (Lipinski definition) is 2. The Morgan fingerprint density at radius 3 is 2.96 bits per heavy atom. The van der Waals surface area contributed by atoms with Crippen molar-refractivity contribution in [1.29, 1.82) is 0 Å². The number of aromatic nitrogens is 2. The number of aliphatic hydroxyl groups is 1. The van der Waals surface area contributed by atoms with Crippen LogP contribution in [-0.4, -0.2) is 64.7 Å². The number of rotatable bonds is 5. The normalized spacial score (nSPS) is 19.9. The van der Waals surface area contributed by atoms with E-state index in [0.717, 1.165) is 55.8 Å². The lowest BCUT2D eigenvalue weighted by atomic mass is 9.97. The fraction of sp³-hybridized carbons (Fsp3) is 0.647. The summed E-state index contributed by atoms with van der Waals surface area (Å²) in [6, 6.07) is 0. The average molecular weight is 382 g/mol. The van der Waals surface area contributed by atoms with Gasteiger partial charge in [-0.15, -0.1) is 11.3 Å². The first-order valence-electron chi connectivity index (χ1n) is 8.86.